The monoisotopic (exact) mass is 330 g/mol. The fraction of sp³-hybridized carbons (Fsp3) is 0.375. The van der Waals surface area contributed by atoms with Gasteiger partial charge in [-0.1, -0.05) is 56.0 Å². The van der Waals surface area contributed by atoms with Crippen LogP contribution in [-0.2, 0) is 6.42 Å². The van der Waals surface area contributed by atoms with Crippen molar-refractivity contribution < 1.29 is 1.37 Å². The summed E-state index contributed by atoms with van der Waals surface area (Å²) >= 11 is 0. The lowest BCUT2D eigenvalue weighted by molar-refractivity contribution is 0.444. The molecule has 0 aliphatic heterocycles. The third-order valence-corrected chi connectivity index (χ3v) is 5.62. The van der Waals surface area contributed by atoms with E-state index in [-0.39, 0.29) is 0 Å². The van der Waals surface area contributed by atoms with Crippen molar-refractivity contribution in [3.05, 3.63) is 65.3 Å². The predicted molar refractivity (Wildman–Crippen MR) is 107 cm³/mol. The first-order chi connectivity index (χ1) is 12.6. The van der Waals surface area contributed by atoms with Gasteiger partial charge in [-0.15, -0.1) is 0 Å². The second-order valence-corrected chi connectivity index (χ2v) is 7.48. The Morgan fingerprint density at radius 3 is 2.68 bits per heavy atom. The Bertz CT molecular complexity index is 938. The SMILES string of the molecule is [2H]c1cc2cc(C3CCCCC3)ccc2c(-c2cc(C)cc(CC)c2)n1. The highest BCUT2D eigenvalue weighted by atomic mass is 14.7. The van der Waals surface area contributed by atoms with Crippen molar-refractivity contribution in [1.29, 1.82) is 0 Å². The van der Waals surface area contributed by atoms with E-state index in [2.05, 4.69) is 55.2 Å². The van der Waals surface area contributed by atoms with Gasteiger partial charge in [-0.05, 0) is 66.8 Å². The molecule has 1 heteroatoms. The summed E-state index contributed by atoms with van der Waals surface area (Å²) in [6.07, 6.45) is 8.03. The molecule has 0 N–H and O–H groups in total. The highest BCUT2D eigenvalue weighted by Crippen LogP contribution is 2.35. The van der Waals surface area contributed by atoms with Gasteiger partial charge in [0.1, 0.15) is 0 Å². The molecule has 0 spiro atoms. The van der Waals surface area contributed by atoms with Crippen LogP contribution in [0.2, 0.25) is 0 Å². The van der Waals surface area contributed by atoms with Gasteiger partial charge in [-0.25, -0.2) is 0 Å². The highest BCUT2D eigenvalue weighted by molar-refractivity contribution is 5.95. The normalized spacial score (nSPS) is 16.2. The van der Waals surface area contributed by atoms with Crippen LogP contribution in [0.15, 0.2) is 48.6 Å². The van der Waals surface area contributed by atoms with Crippen LogP contribution < -0.4 is 0 Å². The number of fused-ring (bicyclic) bond motifs is 1. The molecular weight excluding hydrogens is 302 g/mol. The van der Waals surface area contributed by atoms with Crippen LogP contribution in [0.5, 0.6) is 0 Å². The first kappa shape index (κ1) is 15.1. The summed E-state index contributed by atoms with van der Waals surface area (Å²) in [7, 11) is 0. The summed E-state index contributed by atoms with van der Waals surface area (Å²) in [5.41, 5.74) is 6.09. The first-order valence-corrected chi connectivity index (χ1v) is 9.66. The molecule has 3 aromatic rings. The molecule has 0 unspecified atom stereocenters. The third kappa shape index (κ3) is 3.33. The van der Waals surface area contributed by atoms with Gasteiger partial charge in [0.2, 0.25) is 0 Å². The molecule has 2 aromatic carbocycles. The number of rotatable bonds is 3. The third-order valence-electron chi connectivity index (χ3n) is 5.62. The van der Waals surface area contributed by atoms with Crippen molar-refractivity contribution in [3.8, 4) is 11.3 Å². The predicted octanol–water partition coefficient (Wildman–Crippen LogP) is 6.82. The summed E-state index contributed by atoms with van der Waals surface area (Å²) in [5, 5.41) is 2.32. The minimum absolute atomic E-state index is 0.354. The summed E-state index contributed by atoms with van der Waals surface area (Å²) in [4.78, 5) is 4.60. The average molecular weight is 330 g/mol. The van der Waals surface area contributed by atoms with Gasteiger partial charge in [0.15, 0.2) is 0 Å². The van der Waals surface area contributed by atoms with Gasteiger partial charge < -0.3 is 0 Å². The summed E-state index contributed by atoms with van der Waals surface area (Å²) in [5.74, 6) is 0.685. The van der Waals surface area contributed by atoms with Crippen LogP contribution >= 0.6 is 0 Å². The van der Waals surface area contributed by atoms with Crippen molar-refractivity contribution >= 4 is 10.8 Å². The molecule has 1 aliphatic rings. The first-order valence-electron chi connectivity index (χ1n) is 10.2. The maximum absolute atomic E-state index is 8.22. The largest absolute Gasteiger partial charge is 0.256 e. The van der Waals surface area contributed by atoms with E-state index in [9.17, 15) is 0 Å². The van der Waals surface area contributed by atoms with E-state index in [1.807, 2.05) is 6.07 Å². The Balaban J connectivity index is 1.84. The number of nitrogens with zero attached hydrogens (tertiary/aromatic N) is 1. The van der Waals surface area contributed by atoms with Crippen molar-refractivity contribution in [3.63, 3.8) is 0 Å². The minimum atomic E-state index is 0.354. The summed E-state index contributed by atoms with van der Waals surface area (Å²) in [6, 6.07) is 15.4. The van der Waals surface area contributed by atoms with Crippen LogP contribution in [0.3, 0.4) is 0 Å². The van der Waals surface area contributed by atoms with E-state index in [1.54, 1.807) is 0 Å². The lowest BCUT2D eigenvalue weighted by atomic mass is 9.83. The quantitative estimate of drug-likeness (QED) is 0.513. The number of pyridine rings is 1. The summed E-state index contributed by atoms with van der Waals surface area (Å²) < 4.78 is 8.22. The van der Waals surface area contributed by atoms with Gasteiger partial charge in [0.05, 0.1) is 7.06 Å². The molecule has 1 fully saturated rings. The molecule has 1 nitrogen and oxygen atoms in total. The minimum Gasteiger partial charge on any atom is -0.256 e. The van der Waals surface area contributed by atoms with Crippen LogP contribution in [0.4, 0.5) is 0 Å². The van der Waals surface area contributed by atoms with Gasteiger partial charge in [0.25, 0.3) is 0 Å². The van der Waals surface area contributed by atoms with Gasteiger partial charge >= 0.3 is 0 Å². The molecule has 1 heterocycles. The Morgan fingerprint density at radius 2 is 1.88 bits per heavy atom. The number of hydrogen-bond donors (Lipinski definition) is 0. The second kappa shape index (κ2) is 7.00. The fourth-order valence-electron chi connectivity index (χ4n) is 4.26. The molecule has 0 amide bonds. The topological polar surface area (TPSA) is 12.9 Å². The average Bonchev–Trinajstić information content (AvgIpc) is 2.67. The maximum Gasteiger partial charge on any atom is 0.0840 e. The standard InChI is InChI=1S/C24H27N/c1-3-18-13-17(2)14-22(15-18)24-23-10-9-20(16-21(23)11-12-25-24)19-7-5-4-6-8-19/h9-16,19H,3-8H2,1-2H3/i12D. The van der Waals surface area contributed by atoms with Crippen molar-refractivity contribution in [2.45, 2.75) is 58.3 Å². The number of aryl methyl sites for hydroxylation is 2. The van der Waals surface area contributed by atoms with E-state index < -0.39 is 0 Å². The zero-order valence-electron chi connectivity index (χ0n) is 16.3. The number of benzene rings is 2. The molecule has 1 aromatic heterocycles. The Labute approximate surface area is 152 Å². The summed E-state index contributed by atoms with van der Waals surface area (Å²) in [6.45, 7) is 4.32. The number of hydrogen-bond acceptors (Lipinski definition) is 1. The molecule has 4 rings (SSSR count). The van der Waals surface area contributed by atoms with Crippen molar-refractivity contribution in [2.75, 3.05) is 0 Å². The van der Waals surface area contributed by atoms with Crippen molar-refractivity contribution in [1.82, 2.24) is 4.98 Å². The van der Waals surface area contributed by atoms with Crippen LogP contribution in [0.1, 0.15) is 63.0 Å². The smallest absolute Gasteiger partial charge is 0.0840 e. The lowest BCUT2D eigenvalue weighted by Crippen LogP contribution is -2.04. The van der Waals surface area contributed by atoms with E-state index in [1.165, 1.54) is 48.8 Å². The second-order valence-electron chi connectivity index (χ2n) is 7.48. The zero-order chi connectivity index (χ0) is 18.1. The fourth-order valence-corrected chi connectivity index (χ4v) is 4.26. The molecule has 0 atom stereocenters. The van der Waals surface area contributed by atoms with Crippen LogP contribution in [0.25, 0.3) is 22.0 Å². The van der Waals surface area contributed by atoms with E-state index in [4.69, 9.17) is 1.37 Å². The molecule has 1 saturated carbocycles. The van der Waals surface area contributed by atoms with Crippen LogP contribution in [-0.4, -0.2) is 4.98 Å². The van der Waals surface area contributed by atoms with E-state index in [0.29, 0.717) is 12.1 Å². The molecule has 0 saturated heterocycles. The molecule has 25 heavy (non-hydrogen) atoms. The Kier molecular flexibility index (Phi) is 4.23. The van der Waals surface area contributed by atoms with Crippen molar-refractivity contribution in [2.24, 2.45) is 0 Å². The Morgan fingerprint density at radius 1 is 1.04 bits per heavy atom. The van der Waals surface area contributed by atoms with Gasteiger partial charge in [-0.3, -0.25) is 4.98 Å². The highest BCUT2D eigenvalue weighted by Gasteiger charge is 2.16. The number of aromatic nitrogens is 1. The molecule has 1 aliphatic carbocycles. The molecule has 128 valence electrons. The lowest BCUT2D eigenvalue weighted by Gasteiger charge is -2.22. The van der Waals surface area contributed by atoms with E-state index in [0.717, 1.165) is 28.5 Å². The van der Waals surface area contributed by atoms with Gasteiger partial charge in [0, 0.05) is 17.1 Å². The molecule has 0 radical (unpaired) electrons. The van der Waals surface area contributed by atoms with E-state index >= 15 is 0 Å². The maximum atomic E-state index is 8.22. The zero-order valence-corrected chi connectivity index (χ0v) is 15.3. The van der Waals surface area contributed by atoms with Crippen LogP contribution in [0, 0.1) is 6.92 Å². The van der Waals surface area contributed by atoms with Gasteiger partial charge in [-0.2, -0.15) is 0 Å². The molecular formula is C24H27N. The molecule has 0 bridgehead atoms. The Hall–Kier alpha value is -2.15.